The highest BCUT2D eigenvalue weighted by Crippen LogP contribution is 2.35. The lowest BCUT2D eigenvalue weighted by Crippen LogP contribution is -2.56. The Kier molecular flexibility index (Phi) is 6.71. The van der Waals surface area contributed by atoms with Crippen molar-refractivity contribution in [3.05, 3.63) is 50.1 Å². The van der Waals surface area contributed by atoms with Gasteiger partial charge in [-0.15, -0.1) is 0 Å². The molecule has 1 amide bonds. The van der Waals surface area contributed by atoms with E-state index < -0.39 is 35.0 Å². The van der Waals surface area contributed by atoms with Gasteiger partial charge in [-0.3, -0.25) is 19.0 Å². The number of nitrogens with zero attached hydrogens (tertiary/aromatic N) is 5. The van der Waals surface area contributed by atoms with Crippen LogP contribution in [0, 0.1) is 5.92 Å². The monoisotopic (exact) mass is 523 g/mol. The molecule has 4 rings (SSSR count). The number of piperidine rings is 1. The van der Waals surface area contributed by atoms with Crippen molar-refractivity contribution in [2.75, 3.05) is 30.4 Å². The number of aliphatic hydroxyl groups is 1. The largest absolute Gasteiger partial charge is 0.385 e. The highest BCUT2D eigenvalue weighted by molar-refractivity contribution is 6.32. The summed E-state index contributed by atoms with van der Waals surface area (Å²) in [6.45, 7) is 0.560. The molecule has 0 aliphatic carbocycles. The zero-order chi connectivity index (χ0) is 26.4. The Morgan fingerprint density at radius 2 is 1.97 bits per heavy atom. The topological polar surface area (TPSA) is 134 Å². The van der Waals surface area contributed by atoms with E-state index in [1.807, 2.05) is 0 Å². The highest BCUT2D eigenvalue weighted by atomic mass is 35.5. The third kappa shape index (κ3) is 4.51. The third-order valence-electron chi connectivity index (χ3n) is 6.21. The second kappa shape index (κ2) is 9.47. The fourth-order valence-electron chi connectivity index (χ4n) is 4.04. The SMILES string of the molecule is CNC(=O)Cn1c(=O)c(=O)n(C)c2ccc(Nc3nc(N4C[C@@H](C)C(F)(F)[C@@H](O)C4)ncc3Cl)cc21. The van der Waals surface area contributed by atoms with Crippen molar-refractivity contribution < 1.29 is 18.7 Å². The van der Waals surface area contributed by atoms with Gasteiger partial charge in [-0.2, -0.15) is 4.98 Å². The molecule has 1 aliphatic rings. The molecule has 2 atom stereocenters. The van der Waals surface area contributed by atoms with Crippen molar-refractivity contribution in [2.45, 2.75) is 25.5 Å². The Labute approximate surface area is 208 Å². The lowest BCUT2D eigenvalue weighted by Gasteiger charge is -2.40. The molecule has 3 N–H and O–H groups in total. The van der Waals surface area contributed by atoms with E-state index >= 15 is 0 Å². The molecule has 0 unspecified atom stereocenters. The van der Waals surface area contributed by atoms with E-state index in [0.717, 1.165) is 4.57 Å². The fourth-order valence-corrected chi connectivity index (χ4v) is 4.18. The van der Waals surface area contributed by atoms with Gasteiger partial charge in [-0.25, -0.2) is 13.8 Å². The van der Waals surface area contributed by atoms with Crippen molar-refractivity contribution >= 4 is 46.0 Å². The first-order valence-corrected chi connectivity index (χ1v) is 11.4. The van der Waals surface area contributed by atoms with Crippen LogP contribution in [0.4, 0.5) is 26.2 Å². The number of aromatic nitrogens is 4. The quantitative estimate of drug-likeness (QED) is 0.423. The number of benzene rings is 1. The smallest absolute Gasteiger partial charge is 0.317 e. The molecule has 3 aromatic rings. The van der Waals surface area contributed by atoms with Crippen molar-refractivity contribution in [3.63, 3.8) is 0 Å². The number of alkyl halides is 2. The van der Waals surface area contributed by atoms with Crippen LogP contribution in [-0.4, -0.2) is 62.3 Å². The average molecular weight is 524 g/mol. The first kappa shape index (κ1) is 25.5. The summed E-state index contributed by atoms with van der Waals surface area (Å²) in [5.41, 5.74) is -0.477. The molecule has 1 aromatic carbocycles. The maximum atomic E-state index is 14.0. The number of aryl methyl sites for hydroxylation is 1. The van der Waals surface area contributed by atoms with Gasteiger partial charge < -0.3 is 25.2 Å². The minimum atomic E-state index is -3.22. The number of hydrogen-bond donors (Lipinski definition) is 3. The Balaban J connectivity index is 1.71. The van der Waals surface area contributed by atoms with Gasteiger partial charge in [0.05, 0.1) is 23.8 Å². The maximum Gasteiger partial charge on any atom is 0.317 e. The number of likely N-dealkylation sites (N-methyl/N-ethyl adjacent to an activating group) is 1. The average Bonchev–Trinajstić information content (AvgIpc) is 2.85. The number of halogens is 3. The molecule has 1 aliphatic heterocycles. The van der Waals surface area contributed by atoms with Gasteiger partial charge in [0.25, 0.3) is 5.92 Å². The number of anilines is 3. The van der Waals surface area contributed by atoms with Crippen LogP contribution in [0.1, 0.15) is 6.92 Å². The highest BCUT2D eigenvalue weighted by Gasteiger charge is 2.49. The predicted octanol–water partition coefficient (Wildman–Crippen LogP) is 1.09. The van der Waals surface area contributed by atoms with Gasteiger partial charge in [0, 0.05) is 32.2 Å². The predicted molar refractivity (Wildman–Crippen MR) is 130 cm³/mol. The second-order valence-electron chi connectivity index (χ2n) is 8.62. The number of hydrogen-bond acceptors (Lipinski definition) is 8. The van der Waals surface area contributed by atoms with Gasteiger partial charge in [-0.05, 0) is 18.2 Å². The third-order valence-corrected chi connectivity index (χ3v) is 6.48. The summed E-state index contributed by atoms with van der Waals surface area (Å²) in [5, 5.41) is 15.5. The van der Waals surface area contributed by atoms with Crippen molar-refractivity contribution in [3.8, 4) is 0 Å². The number of β-amino-alcohol motifs (C(OH)–C–C–N with tert-alkyl or cyclic N) is 1. The van der Waals surface area contributed by atoms with Gasteiger partial charge in [0.2, 0.25) is 11.9 Å². The first-order valence-electron chi connectivity index (χ1n) is 11.0. The van der Waals surface area contributed by atoms with E-state index in [-0.39, 0.29) is 36.4 Å². The van der Waals surface area contributed by atoms with E-state index in [1.54, 1.807) is 18.2 Å². The fraction of sp³-hybridized carbons (Fsp3) is 0.409. The second-order valence-corrected chi connectivity index (χ2v) is 9.03. The van der Waals surface area contributed by atoms with Gasteiger partial charge in [-0.1, -0.05) is 18.5 Å². The molecular weight excluding hydrogens is 500 g/mol. The molecule has 36 heavy (non-hydrogen) atoms. The van der Waals surface area contributed by atoms with Crippen LogP contribution >= 0.6 is 11.6 Å². The molecule has 1 saturated heterocycles. The molecule has 0 radical (unpaired) electrons. The number of aliphatic hydroxyl groups excluding tert-OH is 1. The van der Waals surface area contributed by atoms with Crippen molar-refractivity contribution in [1.82, 2.24) is 24.4 Å². The number of carbonyl (C=O) groups excluding carboxylic acids is 1. The molecule has 14 heteroatoms. The maximum absolute atomic E-state index is 14.0. The minimum absolute atomic E-state index is 0.0685. The molecule has 11 nitrogen and oxygen atoms in total. The lowest BCUT2D eigenvalue weighted by molar-refractivity contribution is -0.149. The molecule has 192 valence electrons. The van der Waals surface area contributed by atoms with Crippen LogP contribution in [0.15, 0.2) is 34.0 Å². The number of carbonyl (C=O) groups is 1. The number of rotatable bonds is 5. The Hall–Kier alpha value is -3.58. The zero-order valence-corrected chi connectivity index (χ0v) is 20.4. The standard InChI is InChI=1S/C22H24ClF2N7O4/c1-11-8-31(9-16(33)22(11,24)25)21-27-7-13(23)18(29-21)28-12-4-5-14-15(6-12)32(10-17(34)26-2)20(36)19(35)30(14)3/h4-7,11,16,33H,8-10H2,1-3H3,(H,26,34)(H,27,28,29)/t11-,16+/m1/s1. The van der Waals surface area contributed by atoms with E-state index in [2.05, 4.69) is 20.6 Å². The zero-order valence-electron chi connectivity index (χ0n) is 19.6. The summed E-state index contributed by atoms with van der Waals surface area (Å²) in [6, 6.07) is 4.78. The minimum Gasteiger partial charge on any atom is -0.385 e. The lowest BCUT2D eigenvalue weighted by atomic mass is 9.93. The number of fused-ring (bicyclic) bond motifs is 1. The summed E-state index contributed by atoms with van der Waals surface area (Å²) >= 11 is 6.27. The van der Waals surface area contributed by atoms with Gasteiger partial charge in [0.1, 0.15) is 17.7 Å². The molecule has 1 fully saturated rings. The van der Waals surface area contributed by atoms with Crippen LogP contribution in [0.3, 0.4) is 0 Å². The molecular formula is C22H24ClF2N7O4. The summed E-state index contributed by atoms with van der Waals surface area (Å²) in [7, 11) is 2.87. The molecule has 2 aromatic heterocycles. The van der Waals surface area contributed by atoms with E-state index in [1.165, 1.54) is 36.7 Å². The molecule has 0 bridgehead atoms. The molecule has 0 spiro atoms. The summed E-state index contributed by atoms with van der Waals surface area (Å²) in [5.74, 6) is -4.55. The molecule has 0 saturated carbocycles. The van der Waals surface area contributed by atoms with Crippen LogP contribution in [-0.2, 0) is 18.4 Å². The van der Waals surface area contributed by atoms with E-state index in [9.17, 15) is 28.3 Å². The van der Waals surface area contributed by atoms with E-state index in [0.29, 0.717) is 16.7 Å². The van der Waals surface area contributed by atoms with Gasteiger partial charge >= 0.3 is 11.1 Å². The Morgan fingerprint density at radius 1 is 1.25 bits per heavy atom. The van der Waals surface area contributed by atoms with Crippen molar-refractivity contribution in [1.29, 1.82) is 0 Å². The summed E-state index contributed by atoms with van der Waals surface area (Å²) < 4.78 is 30.3. The number of amides is 1. The first-order chi connectivity index (χ1) is 16.9. The Bertz CT molecular complexity index is 1440. The molecule has 3 heterocycles. The van der Waals surface area contributed by atoms with Gasteiger partial charge in [0.15, 0.2) is 5.82 Å². The van der Waals surface area contributed by atoms with Crippen molar-refractivity contribution in [2.24, 2.45) is 13.0 Å². The van der Waals surface area contributed by atoms with Crippen LogP contribution in [0.25, 0.3) is 11.0 Å². The Morgan fingerprint density at radius 3 is 2.64 bits per heavy atom. The summed E-state index contributed by atoms with van der Waals surface area (Å²) in [4.78, 5) is 46.8. The van der Waals surface area contributed by atoms with E-state index in [4.69, 9.17) is 11.6 Å². The van der Waals surface area contributed by atoms with Crippen LogP contribution in [0.2, 0.25) is 5.02 Å². The van der Waals surface area contributed by atoms with Crippen LogP contribution in [0.5, 0.6) is 0 Å². The normalized spacial score (nSPS) is 19.4. The van der Waals surface area contributed by atoms with Crippen LogP contribution < -0.4 is 26.7 Å². The summed E-state index contributed by atoms with van der Waals surface area (Å²) in [6.07, 6.45) is -0.566. The number of nitrogens with one attached hydrogen (secondary N) is 2.